The minimum atomic E-state index is -0.178. The van der Waals surface area contributed by atoms with Gasteiger partial charge in [0.15, 0.2) is 6.61 Å². The number of carbonyl (C=O) groups is 1. The Morgan fingerprint density at radius 3 is 2.04 bits per heavy atom. The zero-order chi connectivity index (χ0) is 19.8. The Kier molecular flexibility index (Phi) is 6.68. The van der Waals surface area contributed by atoms with Crippen molar-refractivity contribution in [2.45, 2.75) is 13.8 Å². The van der Waals surface area contributed by atoms with Crippen LogP contribution in [0.1, 0.15) is 13.8 Å². The third kappa shape index (κ3) is 5.13. The maximum Gasteiger partial charge on any atom is 0.262 e. The summed E-state index contributed by atoms with van der Waals surface area (Å²) in [5, 5.41) is 2.87. The van der Waals surface area contributed by atoms with Gasteiger partial charge in [0.25, 0.3) is 5.91 Å². The van der Waals surface area contributed by atoms with Crippen molar-refractivity contribution < 1.29 is 9.53 Å². The first-order chi connectivity index (χ1) is 13.7. The van der Waals surface area contributed by atoms with E-state index in [1.807, 2.05) is 66.7 Å². The number of rotatable bonds is 8. The molecule has 0 aliphatic rings. The van der Waals surface area contributed by atoms with Gasteiger partial charge in [0.05, 0.1) is 0 Å². The van der Waals surface area contributed by atoms with Crippen molar-refractivity contribution in [3.05, 3.63) is 78.9 Å². The van der Waals surface area contributed by atoms with Crippen LogP contribution < -0.4 is 15.0 Å². The third-order valence-corrected chi connectivity index (χ3v) is 4.61. The second-order valence-corrected chi connectivity index (χ2v) is 6.45. The molecule has 144 valence electrons. The fourth-order valence-electron chi connectivity index (χ4n) is 3.06. The molecule has 0 fully saturated rings. The van der Waals surface area contributed by atoms with Gasteiger partial charge >= 0.3 is 0 Å². The number of benzene rings is 3. The van der Waals surface area contributed by atoms with E-state index in [1.165, 1.54) is 0 Å². The van der Waals surface area contributed by atoms with Gasteiger partial charge in [0.1, 0.15) is 5.75 Å². The first kappa shape index (κ1) is 19.5. The highest BCUT2D eigenvalue weighted by Gasteiger charge is 2.06. The average molecular weight is 374 g/mol. The van der Waals surface area contributed by atoms with Crippen LogP contribution in [0.25, 0.3) is 11.1 Å². The van der Waals surface area contributed by atoms with Gasteiger partial charge in [0, 0.05) is 24.5 Å². The Bertz CT molecular complexity index is 871. The van der Waals surface area contributed by atoms with E-state index in [2.05, 4.69) is 36.2 Å². The summed E-state index contributed by atoms with van der Waals surface area (Å²) in [4.78, 5) is 14.4. The van der Waals surface area contributed by atoms with Crippen molar-refractivity contribution in [2.75, 3.05) is 29.9 Å². The lowest BCUT2D eigenvalue weighted by Crippen LogP contribution is -2.22. The number of hydrogen-bond acceptors (Lipinski definition) is 3. The second kappa shape index (κ2) is 9.60. The Balaban J connectivity index is 1.51. The van der Waals surface area contributed by atoms with Gasteiger partial charge in [-0.05, 0) is 61.4 Å². The molecule has 0 bridgehead atoms. The first-order valence-electron chi connectivity index (χ1n) is 9.62. The lowest BCUT2D eigenvalue weighted by atomic mass is 10.1. The lowest BCUT2D eigenvalue weighted by molar-refractivity contribution is -0.118. The SMILES string of the molecule is CCN(CC)c1ccc(NC(=O)COc2ccc(-c3ccccc3)cc2)cc1. The molecule has 28 heavy (non-hydrogen) atoms. The molecule has 0 saturated heterocycles. The van der Waals surface area contributed by atoms with Crippen molar-refractivity contribution in [3.63, 3.8) is 0 Å². The van der Waals surface area contributed by atoms with E-state index < -0.39 is 0 Å². The molecule has 0 aromatic heterocycles. The fraction of sp³-hybridized carbons (Fsp3) is 0.208. The van der Waals surface area contributed by atoms with E-state index in [1.54, 1.807) is 0 Å². The van der Waals surface area contributed by atoms with Crippen molar-refractivity contribution in [3.8, 4) is 16.9 Å². The van der Waals surface area contributed by atoms with Gasteiger partial charge in [-0.25, -0.2) is 0 Å². The summed E-state index contributed by atoms with van der Waals surface area (Å²) in [6.07, 6.45) is 0. The number of ether oxygens (including phenoxy) is 1. The number of carbonyl (C=O) groups excluding carboxylic acids is 1. The Labute approximate surface area is 166 Å². The number of amides is 1. The van der Waals surface area contributed by atoms with Gasteiger partial charge in [-0.2, -0.15) is 0 Å². The topological polar surface area (TPSA) is 41.6 Å². The zero-order valence-electron chi connectivity index (χ0n) is 16.4. The van der Waals surface area contributed by atoms with Crippen LogP contribution in [-0.2, 0) is 4.79 Å². The second-order valence-electron chi connectivity index (χ2n) is 6.45. The van der Waals surface area contributed by atoms with Crippen LogP contribution in [0, 0.1) is 0 Å². The monoisotopic (exact) mass is 374 g/mol. The molecule has 3 aromatic carbocycles. The van der Waals surface area contributed by atoms with Crippen LogP contribution in [0.2, 0.25) is 0 Å². The smallest absolute Gasteiger partial charge is 0.262 e. The summed E-state index contributed by atoms with van der Waals surface area (Å²) < 4.78 is 5.61. The molecule has 0 spiro atoms. The summed E-state index contributed by atoms with van der Waals surface area (Å²) in [6.45, 7) is 6.15. The normalized spacial score (nSPS) is 10.4. The van der Waals surface area contributed by atoms with Crippen molar-refractivity contribution in [1.82, 2.24) is 0 Å². The highest BCUT2D eigenvalue weighted by Crippen LogP contribution is 2.22. The Hall–Kier alpha value is -3.27. The van der Waals surface area contributed by atoms with Crippen LogP contribution in [0.5, 0.6) is 5.75 Å². The van der Waals surface area contributed by atoms with Gasteiger partial charge in [0.2, 0.25) is 0 Å². The largest absolute Gasteiger partial charge is 0.484 e. The van der Waals surface area contributed by atoms with E-state index in [0.717, 1.165) is 35.6 Å². The van der Waals surface area contributed by atoms with Crippen LogP contribution in [0.3, 0.4) is 0 Å². The summed E-state index contributed by atoms with van der Waals surface area (Å²) in [7, 11) is 0. The molecular weight excluding hydrogens is 348 g/mol. The third-order valence-electron chi connectivity index (χ3n) is 4.61. The van der Waals surface area contributed by atoms with Crippen LogP contribution in [0.4, 0.5) is 11.4 Å². The molecule has 4 heteroatoms. The number of anilines is 2. The molecule has 1 amide bonds. The first-order valence-corrected chi connectivity index (χ1v) is 9.62. The molecule has 3 rings (SSSR count). The van der Waals surface area contributed by atoms with Crippen LogP contribution in [-0.4, -0.2) is 25.6 Å². The molecule has 0 aliphatic carbocycles. The maximum atomic E-state index is 12.2. The minimum absolute atomic E-state index is 0.0253. The molecule has 0 aliphatic heterocycles. The van der Waals surface area contributed by atoms with Crippen molar-refractivity contribution >= 4 is 17.3 Å². The highest BCUT2D eigenvalue weighted by molar-refractivity contribution is 5.92. The molecule has 0 saturated carbocycles. The molecule has 0 heterocycles. The van der Waals surface area contributed by atoms with E-state index in [-0.39, 0.29) is 12.5 Å². The van der Waals surface area contributed by atoms with E-state index in [0.29, 0.717) is 5.75 Å². The van der Waals surface area contributed by atoms with Gasteiger partial charge in [-0.15, -0.1) is 0 Å². The standard InChI is InChI=1S/C24H26N2O2/c1-3-26(4-2)22-14-12-21(13-15-22)25-24(27)18-28-23-16-10-20(11-17-23)19-8-6-5-7-9-19/h5-17H,3-4,18H2,1-2H3,(H,25,27). The summed E-state index contributed by atoms with van der Waals surface area (Å²) in [6, 6.07) is 25.8. The summed E-state index contributed by atoms with van der Waals surface area (Å²) in [5.74, 6) is 0.495. The quantitative estimate of drug-likeness (QED) is 0.588. The number of nitrogens with one attached hydrogen (secondary N) is 1. The summed E-state index contributed by atoms with van der Waals surface area (Å²) >= 11 is 0. The lowest BCUT2D eigenvalue weighted by Gasteiger charge is -2.21. The molecule has 0 radical (unpaired) electrons. The molecule has 0 atom stereocenters. The Morgan fingerprint density at radius 1 is 0.821 bits per heavy atom. The van der Waals surface area contributed by atoms with Crippen LogP contribution >= 0.6 is 0 Å². The molecular formula is C24H26N2O2. The van der Waals surface area contributed by atoms with Gasteiger partial charge < -0.3 is 15.0 Å². The zero-order valence-corrected chi connectivity index (χ0v) is 16.4. The van der Waals surface area contributed by atoms with Crippen molar-refractivity contribution in [1.29, 1.82) is 0 Å². The molecule has 4 nitrogen and oxygen atoms in total. The van der Waals surface area contributed by atoms with Gasteiger partial charge in [-0.1, -0.05) is 42.5 Å². The fourth-order valence-corrected chi connectivity index (χ4v) is 3.06. The summed E-state index contributed by atoms with van der Waals surface area (Å²) in [5.41, 5.74) is 4.19. The molecule has 1 N–H and O–H groups in total. The maximum absolute atomic E-state index is 12.2. The van der Waals surface area contributed by atoms with E-state index in [9.17, 15) is 4.79 Å². The van der Waals surface area contributed by atoms with Crippen LogP contribution in [0.15, 0.2) is 78.9 Å². The molecule has 3 aromatic rings. The predicted molar refractivity (Wildman–Crippen MR) is 116 cm³/mol. The van der Waals surface area contributed by atoms with E-state index in [4.69, 9.17) is 4.74 Å². The van der Waals surface area contributed by atoms with Gasteiger partial charge in [-0.3, -0.25) is 4.79 Å². The minimum Gasteiger partial charge on any atom is -0.484 e. The van der Waals surface area contributed by atoms with E-state index >= 15 is 0 Å². The van der Waals surface area contributed by atoms with Crippen molar-refractivity contribution in [2.24, 2.45) is 0 Å². The number of hydrogen-bond donors (Lipinski definition) is 1. The average Bonchev–Trinajstić information content (AvgIpc) is 2.75. The molecule has 0 unspecified atom stereocenters. The Morgan fingerprint density at radius 2 is 1.43 bits per heavy atom. The number of nitrogens with zero attached hydrogens (tertiary/aromatic N) is 1. The predicted octanol–water partition coefficient (Wildman–Crippen LogP) is 5.22. The highest BCUT2D eigenvalue weighted by atomic mass is 16.5.